The van der Waals surface area contributed by atoms with Crippen molar-refractivity contribution >= 4 is 33.9 Å². The topological polar surface area (TPSA) is 3.24 Å². The fourth-order valence-corrected chi connectivity index (χ4v) is 8.90. The molecule has 9 aromatic carbocycles. The van der Waals surface area contributed by atoms with Crippen LogP contribution < -0.4 is 4.90 Å². The van der Waals surface area contributed by atoms with Gasteiger partial charge in [-0.05, 0) is 114 Å². The van der Waals surface area contributed by atoms with E-state index in [-0.39, 0.29) is 0 Å². The van der Waals surface area contributed by atoms with Crippen LogP contribution in [0.5, 0.6) is 0 Å². The minimum Gasteiger partial charge on any atom is -0.311 e. The van der Waals surface area contributed by atoms with Gasteiger partial charge in [0.15, 0.2) is 0 Å². The molecule has 0 aromatic heterocycles. The Labute approximate surface area is 329 Å². The van der Waals surface area contributed by atoms with Crippen molar-refractivity contribution in [3.05, 3.63) is 253 Å². The highest BCUT2D eigenvalue weighted by Gasteiger charge is 2.44. The summed E-state index contributed by atoms with van der Waals surface area (Å²) in [5.74, 6) is 0. The fraction of sp³-hybridized carbons (Fsp3) is 0.0182. The standard InChI is InChI=1S/C55H39N/c1-2-39-24-26-40(27-25-39)41-28-33-48(34-29-41)56(47-20-10-5-11-21-47)49-35-30-42(31-36-49)44-32-37-52-51(38-44)50-22-12-14-43-15-13-23-53(54(43)50)55(52,45-16-6-3-7-17-45)46-18-8-4-9-19-46/h2-38H,1H2. The van der Waals surface area contributed by atoms with E-state index in [9.17, 15) is 0 Å². The van der Waals surface area contributed by atoms with E-state index in [1.165, 1.54) is 66.4 Å². The third-order valence-electron chi connectivity index (χ3n) is 11.5. The quantitative estimate of drug-likeness (QED) is 0.152. The number of para-hydroxylation sites is 1. The van der Waals surface area contributed by atoms with Crippen LogP contribution in [0, 0.1) is 0 Å². The molecule has 0 unspecified atom stereocenters. The van der Waals surface area contributed by atoms with Crippen molar-refractivity contribution in [1.82, 2.24) is 0 Å². The number of benzene rings is 9. The highest BCUT2D eigenvalue weighted by atomic mass is 15.1. The average molecular weight is 714 g/mol. The average Bonchev–Trinajstić information content (AvgIpc) is 3.28. The normalized spacial score (nSPS) is 12.5. The smallest absolute Gasteiger partial charge is 0.0713 e. The molecule has 10 rings (SSSR count). The molecule has 0 radical (unpaired) electrons. The Morgan fingerprint density at radius 3 is 1.43 bits per heavy atom. The van der Waals surface area contributed by atoms with E-state index in [4.69, 9.17) is 0 Å². The van der Waals surface area contributed by atoms with Crippen LogP contribution in [0.2, 0.25) is 0 Å². The van der Waals surface area contributed by atoms with Crippen LogP contribution in [0.4, 0.5) is 17.1 Å². The lowest BCUT2D eigenvalue weighted by atomic mass is 9.59. The summed E-state index contributed by atoms with van der Waals surface area (Å²) in [6.45, 7) is 3.90. The molecule has 56 heavy (non-hydrogen) atoms. The van der Waals surface area contributed by atoms with Gasteiger partial charge in [-0.1, -0.05) is 189 Å². The lowest BCUT2D eigenvalue weighted by molar-refractivity contribution is 0.750. The molecule has 0 bridgehead atoms. The Balaban J connectivity index is 1.09. The van der Waals surface area contributed by atoms with Gasteiger partial charge >= 0.3 is 0 Å². The van der Waals surface area contributed by atoms with Gasteiger partial charge < -0.3 is 4.90 Å². The maximum atomic E-state index is 3.90. The summed E-state index contributed by atoms with van der Waals surface area (Å²) in [7, 11) is 0. The van der Waals surface area contributed by atoms with E-state index in [0.29, 0.717) is 0 Å². The number of hydrogen-bond donors (Lipinski definition) is 0. The third kappa shape index (κ3) is 5.48. The predicted molar refractivity (Wildman–Crippen MR) is 237 cm³/mol. The zero-order valence-electron chi connectivity index (χ0n) is 31.0. The molecule has 0 saturated carbocycles. The van der Waals surface area contributed by atoms with E-state index in [2.05, 4.69) is 230 Å². The van der Waals surface area contributed by atoms with Gasteiger partial charge in [-0.3, -0.25) is 0 Å². The van der Waals surface area contributed by atoms with Crippen LogP contribution in [-0.2, 0) is 5.41 Å². The number of hydrogen-bond acceptors (Lipinski definition) is 1. The number of anilines is 3. The summed E-state index contributed by atoms with van der Waals surface area (Å²) in [6, 6.07) is 79.8. The van der Waals surface area contributed by atoms with Crippen LogP contribution in [0.25, 0.3) is 50.2 Å². The predicted octanol–water partition coefficient (Wildman–Crippen LogP) is 14.6. The van der Waals surface area contributed by atoms with Gasteiger partial charge in [0.1, 0.15) is 0 Å². The fourth-order valence-electron chi connectivity index (χ4n) is 8.90. The van der Waals surface area contributed by atoms with Crippen LogP contribution in [0.1, 0.15) is 27.8 Å². The Kier molecular flexibility index (Phi) is 8.27. The van der Waals surface area contributed by atoms with Crippen molar-refractivity contribution in [1.29, 1.82) is 0 Å². The van der Waals surface area contributed by atoms with Crippen molar-refractivity contribution in [2.75, 3.05) is 4.90 Å². The molecular formula is C55H39N. The molecule has 9 aromatic rings. The highest BCUT2D eigenvalue weighted by Crippen LogP contribution is 2.55. The van der Waals surface area contributed by atoms with Crippen molar-refractivity contribution in [3.63, 3.8) is 0 Å². The van der Waals surface area contributed by atoms with Crippen LogP contribution >= 0.6 is 0 Å². The molecule has 1 heteroatoms. The van der Waals surface area contributed by atoms with E-state index >= 15 is 0 Å². The molecule has 0 heterocycles. The Hall–Kier alpha value is -7.22. The third-order valence-corrected chi connectivity index (χ3v) is 11.5. The molecule has 1 aliphatic rings. The zero-order chi connectivity index (χ0) is 37.5. The molecule has 0 aliphatic heterocycles. The first-order valence-electron chi connectivity index (χ1n) is 19.3. The number of rotatable bonds is 8. The van der Waals surface area contributed by atoms with Crippen LogP contribution in [0.15, 0.2) is 225 Å². The van der Waals surface area contributed by atoms with Crippen LogP contribution in [0.3, 0.4) is 0 Å². The Morgan fingerprint density at radius 2 is 0.857 bits per heavy atom. The molecule has 0 fully saturated rings. The molecule has 0 N–H and O–H groups in total. The maximum Gasteiger partial charge on any atom is 0.0713 e. The van der Waals surface area contributed by atoms with Gasteiger partial charge in [-0.15, -0.1) is 0 Å². The van der Waals surface area contributed by atoms with Crippen molar-refractivity contribution < 1.29 is 0 Å². The summed E-state index contributed by atoms with van der Waals surface area (Å²) in [4.78, 5) is 2.33. The Bertz CT molecular complexity index is 2780. The summed E-state index contributed by atoms with van der Waals surface area (Å²) >= 11 is 0. The number of fused-ring (bicyclic) bond motifs is 2. The van der Waals surface area contributed by atoms with Gasteiger partial charge in [0.2, 0.25) is 0 Å². The molecule has 0 amide bonds. The van der Waals surface area contributed by atoms with Gasteiger partial charge in [0.05, 0.1) is 5.41 Å². The molecule has 0 spiro atoms. The summed E-state index contributed by atoms with van der Waals surface area (Å²) in [5.41, 5.74) is 16.4. The van der Waals surface area contributed by atoms with Crippen molar-refractivity contribution in [2.24, 2.45) is 0 Å². The number of nitrogens with zero attached hydrogens (tertiary/aromatic N) is 1. The molecule has 0 atom stereocenters. The van der Waals surface area contributed by atoms with E-state index in [1.54, 1.807) is 0 Å². The second kappa shape index (κ2) is 13.9. The minimum atomic E-state index is -0.477. The first-order valence-corrected chi connectivity index (χ1v) is 19.3. The SMILES string of the molecule is C=Cc1ccc(-c2ccc(N(c3ccccc3)c3ccc(-c4ccc5c(c4)-c4cccc6cccc(c46)C5(c4ccccc4)c4ccccc4)cc3)cc2)cc1. The highest BCUT2D eigenvalue weighted by molar-refractivity contribution is 6.05. The van der Waals surface area contributed by atoms with Gasteiger partial charge in [-0.2, -0.15) is 0 Å². The van der Waals surface area contributed by atoms with Crippen molar-refractivity contribution in [3.8, 4) is 33.4 Å². The van der Waals surface area contributed by atoms with Gasteiger partial charge in [0.25, 0.3) is 0 Å². The zero-order valence-corrected chi connectivity index (χ0v) is 31.0. The van der Waals surface area contributed by atoms with Gasteiger partial charge in [-0.25, -0.2) is 0 Å². The molecule has 264 valence electrons. The lowest BCUT2D eigenvalue weighted by Crippen LogP contribution is -2.33. The summed E-state index contributed by atoms with van der Waals surface area (Å²) in [6.07, 6.45) is 1.88. The Morgan fingerprint density at radius 1 is 0.375 bits per heavy atom. The van der Waals surface area contributed by atoms with Crippen LogP contribution in [-0.4, -0.2) is 0 Å². The molecule has 0 saturated heterocycles. The first-order chi connectivity index (χ1) is 27.7. The first kappa shape index (κ1) is 33.4. The summed E-state index contributed by atoms with van der Waals surface area (Å²) < 4.78 is 0. The van der Waals surface area contributed by atoms with E-state index in [0.717, 1.165) is 22.6 Å². The lowest BCUT2D eigenvalue weighted by Gasteiger charge is -2.42. The molecular weight excluding hydrogens is 675 g/mol. The second-order valence-electron chi connectivity index (χ2n) is 14.5. The molecule has 1 aliphatic carbocycles. The summed E-state index contributed by atoms with van der Waals surface area (Å²) in [5, 5.41) is 2.58. The van der Waals surface area contributed by atoms with E-state index in [1.807, 2.05) is 6.08 Å². The molecule has 1 nitrogen and oxygen atoms in total. The second-order valence-corrected chi connectivity index (χ2v) is 14.5. The van der Waals surface area contributed by atoms with Gasteiger partial charge in [0, 0.05) is 17.1 Å². The monoisotopic (exact) mass is 713 g/mol. The van der Waals surface area contributed by atoms with Crippen molar-refractivity contribution in [2.45, 2.75) is 5.41 Å². The van der Waals surface area contributed by atoms with E-state index < -0.39 is 5.41 Å². The largest absolute Gasteiger partial charge is 0.311 e. The minimum absolute atomic E-state index is 0.477. The maximum absolute atomic E-state index is 3.90.